The largest absolute Gasteiger partial charge is 0.357 e. The van der Waals surface area contributed by atoms with E-state index in [1.807, 2.05) is 0 Å². The summed E-state index contributed by atoms with van der Waals surface area (Å²) in [4.78, 5) is 9.66. The molecule has 24 heavy (non-hydrogen) atoms. The van der Waals surface area contributed by atoms with E-state index in [2.05, 4.69) is 68.5 Å². The SMILES string of the molecule is CCNC(=NCCCCN1CCN(C)CC1)NCCn1cccc1. The second kappa shape index (κ2) is 11.1. The summed E-state index contributed by atoms with van der Waals surface area (Å²) in [6, 6.07) is 4.11. The maximum absolute atomic E-state index is 4.69. The molecule has 0 spiro atoms. The zero-order chi connectivity index (χ0) is 17.0. The molecular weight excluding hydrogens is 300 g/mol. The van der Waals surface area contributed by atoms with Crippen molar-refractivity contribution in [1.82, 2.24) is 25.0 Å². The minimum Gasteiger partial charge on any atom is -0.357 e. The fraction of sp³-hybridized carbons (Fsp3) is 0.722. The Bertz CT molecular complexity index is 448. The van der Waals surface area contributed by atoms with Crippen molar-refractivity contribution in [3.63, 3.8) is 0 Å². The molecule has 1 saturated heterocycles. The Morgan fingerprint density at radius 3 is 2.46 bits per heavy atom. The fourth-order valence-electron chi connectivity index (χ4n) is 2.87. The Labute approximate surface area is 146 Å². The first-order valence-corrected chi connectivity index (χ1v) is 9.32. The number of aliphatic imine (C=N–C) groups is 1. The van der Waals surface area contributed by atoms with Crippen molar-refractivity contribution in [3.8, 4) is 0 Å². The number of likely N-dealkylation sites (N-methyl/N-ethyl adjacent to an activating group) is 1. The molecule has 1 aliphatic heterocycles. The molecule has 0 saturated carbocycles. The van der Waals surface area contributed by atoms with Crippen LogP contribution < -0.4 is 10.6 Å². The molecule has 2 rings (SSSR count). The molecule has 0 radical (unpaired) electrons. The lowest BCUT2D eigenvalue weighted by Crippen LogP contribution is -2.44. The summed E-state index contributed by atoms with van der Waals surface area (Å²) in [7, 11) is 2.21. The number of piperazine rings is 1. The average Bonchev–Trinajstić information content (AvgIpc) is 3.09. The predicted molar refractivity (Wildman–Crippen MR) is 102 cm³/mol. The standard InChI is InChI=1S/C18H34N6/c1-3-19-18(21-9-13-23-11-6-7-12-23)20-8-4-5-10-24-16-14-22(2)15-17-24/h6-7,11-12H,3-5,8-10,13-17H2,1-2H3,(H2,19,20,21). The van der Waals surface area contributed by atoms with E-state index in [4.69, 9.17) is 0 Å². The molecule has 0 unspecified atom stereocenters. The highest BCUT2D eigenvalue weighted by molar-refractivity contribution is 5.79. The van der Waals surface area contributed by atoms with E-state index in [1.165, 1.54) is 39.1 Å². The molecule has 6 nitrogen and oxygen atoms in total. The van der Waals surface area contributed by atoms with Crippen LogP contribution in [0.5, 0.6) is 0 Å². The molecule has 2 heterocycles. The quantitative estimate of drug-likeness (QED) is 0.403. The smallest absolute Gasteiger partial charge is 0.191 e. The monoisotopic (exact) mass is 334 g/mol. The van der Waals surface area contributed by atoms with Gasteiger partial charge in [0.1, 0.15) is 0 Å². The van der Waals surface area contributed by atoms with E-state index in [1.54, 1.807) is 0 Å². The second-order valence-electron chi connectivity index (χ2n) is 6.46. The van der Waals surface area contributed by atoms with Gasteiger partial charge in [-0.1, -0.05) is 0 Å². The number of unbranched alkanes of at least 4 members (excludes halogenated alkanes) is 1. The molecule has 1 fully saturated rings. The van der Waals surface area contributed by atoms with E-state index in [-0.39, 0.29) is 0 Å². The third kappa shape index (κ3) is 7.36. The van der Waals surface area contributed by atoms with Crippen molar-refractivity contribution in [3.05, 3.63) is 24.5 Å². The third-order valence-electron chi connectivity index (χ3n) is 4.42. The van der Waals surface area contributed by atoms with Crippen LogP contribution in [0.3, 0.4) is 0 Å². The average molecular weight is 335 g/mol. The molecule has 136 valence electrons. The number of rotatable bonds is 9. The van der Waals surface area contributed by atoms with Crippen molar-refractivity contribution in [2.45, 2.75) is 26.3 Å². The Kier molecular flexibility index (Phi) is 8.70. The summed E-state index contributed by atoms with van der Waals surface area (Å²) in [5.41, 5.74) is 0. The van der Waals surface area contributed by atoms with E-state index < -0.39 is 0 Å². The van der Waals surface area contributed by atoms with Gasteiger partial charge < -0.3 is 25.0 Å². The summed E-state index contributed by atoms with van der Waals surface area (Å²) >= 11 is 0. The molecule has 0 bridgehead atoms. The van der Waals surface area contributed by atoms with Gasteiger partial charge in [-0.2, -0.15) is 0 Å². The van der Waals surface area contributed by atoms with Gasteiger partial charge in [0.05, 0.1) is 0 Å². The molecule has 0 aliphatic carbocycles. The molecule has 0 aromatic carbocycles. The molecule has 1 aliphatic rings. The second-order valence-corrected chi connectivity index (χ2v) is 6.46. The van der Waals surface area contributed by atoms with Crippen molar-refractivity contribution in [2.24, 2.45) is 4.99 Å². The number of hydrogen-bond acceptors (Lipinski definition) is 3. The van der Waals surface area contributed by atoms with Gasteiger partial charge >= 0.3 is 0 Å². The fourth-order valence-corrected chi connectivity index (χ4v) is 2.87. The maximum atomic E-state index is 4.69. The van der Waals surface area contributed by atoms with E-state index >= 15 is 0 Å². The van der Waals surface area contributed by atoms with E-state index in [0.717, 1.165) is 38.6 Å². The number of nitrogens with one attached hydrogen (secondary N) is 2. The molecule has 0 amide bonds. The van der Waals surface area contributed by atoms with Crippen LogP contribution in [0.25, 0.3) is 0 Å². The van der Waals surface area contributed by atoms with Gasteiger partial charge in [0, 0.05) is 64.8 Å². The van der Waals surface area contributed by atoms with Crippen LogP contribution in [0.2, 0.25) is 0 Å². The Hall–Kier alpha value is -1.53. The first-order valence-electron chi connectivity index (χ1n) is 9.32. The number of aromatic nitrogens is 1. The summed E-state index contributed by atoms with van der Waals surface area (Å²) in [5.74, 6) is 0.934. The number of guanidine groups is 1. The minimum atomic E-state index is 0.891. The lowest BCUT2D eigenvalue weighted by molar-refractivity contribution is 0.152. The van der Waals surface area contributed by atoms with Gasteiger partial charge in [-0.25, -0.2) is 0 Å². The lowest BCUT2D eigenvalue weighted by Gasteiger charge is -2.32. The third-order valence-corrected chi connectivity index (χ3v) is 4.42. The normalized spacial score (nSPS) is 17.2. The Morgan fingerprint density at radius 1 is 1.00 bits per heavy atom. The molecule has 1 aromatic rings. The van der Waals surface area contributed by atoms with Gasteiger partial charge in [0.25, 0.3) is 0 Å². The van der Waals surface area contributed by atoms with E-state index in [0.29, 0.717) is 0 Å². The summed E-state index contributed by atoms with van der Waals surface area (Å²) < 4.78 is 2.17. The summed E-state index contributed by atoms with van der Waals surface area (Å²) in [6.45, 7) is 11.8. The van der Waals surface area contributed by atoms with Crippen LogP contribution in [-0.4, -0.2) is 79.7 Å². The predicted octanol–water partition coefficient (Wildman–Crippen LogP) is 1.07. The van der Waals surface area contributed by atoms with Crippen LogP contribution in [0, 0.1) is 0 Å². The zero-order valence-corrected chi connectivity index (χ0v) is 15.4. The van der Waals surface area contributed by atoms with Gasteiger partial charge in [0.2, 0.25) is 0 Å². The molecular formula is C18H34N6. The minimum absolute atomic E-state index is 0.891. The van der Waals surface area contributed by atoms with Crippen LogP contribution in [0.1, 0.15) is 19.8 Å². The first-order chi connectivity index (χ1) is 11.8. The number of nitrogens with zero attached hydrogens (tertiary/aromatic N) is 4. The number of hydrogen-bond donors (Lipinski definition) is 2. The Morgan fingerprint density at radius 2 is 1.75 bits per heavy atom. The van der Waals surface area contributed by atoms with Gasteiger partial charge in [-0.3, -0.25) is 4.99 Å². The highest BCUT2D eigenvalue weighted by atomic mass is 15.2. The summed E-state index contributed by atoms with van der Waals surface area (Å²) in [6.07, 6.45) is 6.56. The topological polar surface area (TPSA) is 47.8 Å². The molecule has 6 heteroatoms. The molecule has 1 aromatic heterocycles. The van der Waals surface area contributed by atoms with Crippen LogP contribution in [0.15, 0.2) is 29.5 Å². The van der Waals surface area contributed by atoms with Gasteiger partial charge in [-0.05, 0) is 45.5 Å². The van der Waals surface area contributed by atoms with E-state index in [9.17, 15) is 0 Å². The van der Waals surface area contributed by atoms with Crippen molar-refractivity contribution in [1.29, 1.82) is 0 Å². The highest BCUT2D eigenvalue weighted by Crippen LogP contribution is 2.01. The van der Waals surface area contributed by atoms with Crippen LogP contribution in [0.4, 0.5) is 0 Å². The maximum Gasteiger partial charge on any atom is 0.191 e. The van der Waals surface area contributed by atoms with Crippen LogP contribution in [-0.2, 0) is 6.54 Å². The zero-order valence-electron chi connectivity index (χ0n) is 15.4. The first kappa shape index (κ1) is 18.8. The summed E-state index contributed by atoms with van der Waals surface area (Å²) in [5, 5.41) is 6.73. The van der Waals surface area contributed by atoms with Crippen molar-refractivity contribution >= 4 is 5.96 Å². The van der Waals surface area contributed by atoms with Crippen molar-refractivity contribution in [2.75, 3.05) is 59.4 Å². The van der Waals surface area contributed by atoms with Crippen LogP contribution >= 0.6 is 0 Å². The Balaban J connectivity index is 1.58. The highest BCUT2D eigenvalue weighted by Gasteiger charge is 2.12. The molecule has 2 N–H and O–H groups in total. The van der Waals surface area contributed by atoms with Gasteiger partial charge in [0.15, 0.2) is 5.96 Å². The van der Waals surface area contributed by atoms with Gasteiger partial charge in [-0.15, -0.1) is 0 Å². The lowest BCUT2D eigenvalue weighted by atomic mass is 10.2. The molecule has 0 atom stereocenters. The van der Waals surface area contributed by atoms with Crippen molar-refractivity contribution < 1.29 is 0 Å².